The van der Waals surface area contributed by atoms with E-state index in [1.807, 2.05) is 18.7 Å². The third-order valence-electron chi connectivity index (χ3n) is 3.20. The minimum Gasteiger partial charge on any atom is -0.481 e. The Morgan fingerprint density at radius 2 is 2.20 bits per heavy atom. The van der Waals surface area contributed by atoms with Gasteiger partial charge in [-0.25, -0.2) is 0 Å². The maximum Gasteiger partial charge on any atom is 0.304 e. The molecule has 0 aromatic rings. The number of ether oxygens (including phenoxy) is 1. The lowest BCUT2D eigenvalue weighted by Crippen LogP contribution is -2.42. The van der Waals surface area contributed by atoms with Gasteiger partial charge in [0.05, 0.1) is 19.1 Å². The normalized spacial score (nSPS) is 18.7. The second-order valence-electron chi connectivity index (χ2n) is 5.71. The van der Waals surface area contributed by atoms with E-state index in [-0.39, 0.29) is 25.0 Å². The van der Waals surface area contributed by atoms with Crippen LogP contribution in [0.5, 0.6) is 0 Å². The molecule has 1 unspecified atom stereocenters. The van der Waals surface area contributed by atoms with E-state index in [1.165, 1.54) is 0 Å². The fraction of sp³-hybridized carbons (Fsp3) is 0.857. The van der Waals surface area contributed by atoms with Gasteiger partial charge in [0.1, 0.15) is 0 Å². The van der Waals surface area contributed by atoms with Crippen LogP contribution in [0.15, 0.2) is 0 Å². The van der Waals surface area contributed by atoms with Gasteiger partial charge < -0.3 is 15.2 Å². The molecule has 1 saturated heterocycles. The number of carbonyl (C=O) groups excluding carboxylic acids is 1. The summed E-state index contributed by atoms with van der Waals surface area (Å²) >= 11 is 0. The summed E-state index contributed by atoms with van der Waals surface area (Å²) in [5.74, 6) is -0.489. The number of hydrogen-bond acceptors (Lipinski definition) is 4. The van der Waals surface area contributed by atoms with Crippen molar-refractivity contribution in [3.8, 4) is 0 Å². The van der Waals surface area contributed by atoms with Crippen LogP contribution in [-0.2, 0) is 14.3 Å². The Morgan fingerprint density at radius 1 is 1.45 bits per heavy atom. The van der Waals surface area contributed by atoms with E-state index in [2.05, 4.69) is 5.32 Å². The van der Waals surface area contributed by atoms with Crippen LogP contribution in [-0.4, -0.2) is 60.8 Å². The predicted octanol–water partition coefficient (Wildman–Crippen LogP) is 0.714. The third-order valence-corrected chi connectivity index (χ3v) is 3.20. The molecule has 2 N–H and O–H groups in total. The van der Waals surface area contributed by atoms with Gasteiger partial charge in [-0.05, 0) is 18.8 Å². The van der Waals surface area contributed by atoms with Gasteiger partial charge in [0.2, 0.25) is 5.91 Å². The van der Waals surface area contributed by atoms with E-state index in [9.17, 15) is 9.59 Å². The molecule has 1 rings (SSSR count). The Labute approximate surface area is 120 Å². The molecule has 1 amide bonds. The smallest absolute Gasteiger partial charge is 0.304 e. The molecule has 20 heavy (non-hydrogen) atoms. The van der Waals surface area contributed by atoms with Crippen molar-refractivity contribution in [1.29, 1.82) is 0 Å². The molecule has 0 bridgehead atoms. The molecule has 0 aliphatic carbocycles. The van der Waals surface area contributed by atoms with Crippen molar-refractivity contribution in [3.05, 3.63) is 0 Å². The van der Waals surface area contributed by atoms with E-state index in [0.717, 1.165) is 19.4 Å². The molecule has 0 spiro atoms. The molecule has 0 radical (unpaired) electrons. The number of amides is 1. The van der Waals surface area contributed by atoms with Gasteiger partial charge in [-0.1, -0.05) is 13.8 Å². The topological polar surface area (TPSA) is 78.9 Å². The minimum absolute atomic E-state index is 0.0458. The third kappa shape index (κ3) is 7.45. The molecule has 116 valence electrons. The van der Waals surface area contributed by atoms with Crippen LogP contribution in [0.3, 0.4) is 0 Å². The fourth-order valence-electron chi connectivity index (χ4n) is 2.14. The largest absolute Gasteiger partial charge is 0.481 e. The molecule has 0 aromatic heterocycles. The summed E-state index contributed by atoms with van der Waals surface area (Å²) in [5.41, 5.74) is 0. The zero-order chi connectivity index (χ0) is 15.0. The predicted molar refractivity (Wildman–Crippen MR) is 75.5 cm³/mol. The van der Waals surface area contributed by atoms with Crippen molar-refractivity contribution in [2.24, 2.45) is 5.92 Å². The van der Waals surface area contributed by atoms with E-state index >= 15 is 0 Å². The molecular weight excluding hydrogens is 260 g/mol. The molecule has 1 fully saturated rings. The Morgan fingerprint density at radius 3 is 2.75 bits per heavy atom. The van der Waals surface area contributed by atoms with E-state index in [0.29, 0.717) is 25.6 Å². The molecular formula is C14H26N2O4. The summed E-state index contributed by atoms with van der Waals surface area (Å²) in [6, 6.07) is 0. The zero-order valence-corrected chi connectivity index (χ0v) is 12.4. The highest BCUT2D eigenvalue weighted by Crippen LogP contribution is 2.13. The maximum atomic E-state index is 11.8. The summed E-state index contributed by atoms with van der Waals surface area (Å²) < 4.78 is 5.55. The van der Waals surface area contributed by atoms with Gasteiger partial charge in [0.15, 0.2) is 0 Å². The number of nitrogens with one attached hydrogen (secondary N) is 1. The SMILES string of the molecule is CC(C)CNC(=O)CN(CCC(=O)O)CC1CCCO1. The number of carboxylic acid groups (broad SMARTS) is 1. The Hall–Kier alpha value is -1.14. The van der Waals surface area contributed by atoms with Crippen LogP contribution in [0.2, 0.25) is 0 Å². The van der Waals surface area contributed by atoms with Crippen LogP contribution in [0.1, 0.15) is 33.1 Å². The van der Waals surface area contributed by atoms with Gasteiger partial charge in [-0.2, -0.15) is 0 Å². The van der Waals surface area contributed by atoms with Crippen molar-refractivity contribution in [3.63, 3.8) is 0 Å². The number of rotatable bonds is 9. The number of carboxylic acids is 1. The second-order valence-corrected chi connectivity index (χ2v) is 5.71. The number of nitrogens with zero attached hydrogens (tertiary/aromatic N) is 1. The van der Waals surface area contributed by atoms with E-state index in [1.54, 1.807) is 0 Å². The first-order chi connectivity index (χ1) is 9.47. The molecule has 1 atom stereocenters. The molecule has 6 nitrogen and oxygen atoms in total. The summed E-state index contributed by atoms with van der Waals surface area (Å²) in [7, 11) is 0. The lowest BCUT2D eigenvalue weighted by Gasteiger charge is -2.24. The standard InChI is InChI=1S/C14H26N2O4/c1-11(2)8-15-13(17)10-16(6-5-14(18)19)9-12-4-3-7-20-12/h11-12H,3-10H2,1-2H3,(H,15,17)(H,18,19). The summed E-state index contributed by atoms with van der Waals surface area (Å²) in [4.78, 5) is 24.4. The van der Waals surface area contributed by atoms with Crippen molar-refractivity contribution < 1.29 is 19.4 Å². The number of aliphatic carboxylic acids is 1. The molecule has 0 saturated carbocycles. The van der Waals surface area contributed by atoms with Crippen LogP contribution in [0.4, 0.5) is 0 Å². The van der Waals surface area contributed by atoms with Gasteiger partial charge in [0, 0.05) is 26.2 Å². The fourth-order valence-corrected chi connectivity index (χ4v) is 2.14. The van der Waals surface area contributed by atoms with Crippen molar-refractivity contribution >= 4 is 11.9 Å². The molecule has 0 aromatic carbocycles. The first-order valence-electron chi connectivity index (χ1n) is 7.30. The Kier molecular flexibility index (Phi) is 7.54. The first-order valence-corrected chi connectivity index (χ1v) is 7.30. The summed E-state index contributed by atoms with van der Waals surface area (Å²) in [6.07, 6.45) is 2.19. The highest BCUT2D eigenvalue weighted by Gasteiger charge is 2.21. The van der Waals surface area contributed by atoms with Crippen molar-refractivity contribution in [1.82, 2.24) is 10.2 Å². The quantitative estimate of drug-likeness (QED) is 0.653. The molecule has 1 heterocycles. The monoisotopic (exact) mass is 286 g/mol. The highest BCUT2D eigenvalue weighted by molar-refractivity contribution is 5.78. The highest BCUT2D eigenvalue weighted by atomic mass is 16.5. The van der Waals surface area contributed by atoms with Crippen LogP contribution in [0.25, 0.3) is 0 Å². The number of hydrogen-bond donors (Lipinski definition) is 2. The number of carbonyl (C=O) groups is 2. The van der Waals surface area contributed by atoms with Gasteiger partial charge in [-0.3, -0.25) is 14.5 Å². The molecule has 6 heteroatoms. The average molecular weight is 286 g/mol. The lowest BCUT2D eigenvalue weighted by molar-refractivity contribution is -0.138. The zero-order valence-electron chi connectivity index (χ0n) is 12.4. The lowest BCUT2D eigenvalue weighted by atomic mass is 10.2. The van der Waals surface area contributed by atoms with Gasteiger partial charge >= 0.3 is 5.97 Å². The second kappa shape index (κ2) is 8.92. The van der Waals surface area contributed by atoms with Crippen LogP contribution >= 0.6 is 0 Å². The Balaban J connectivity index is 2.39. The minimum atomic E-state index is -0.843. The van der Waals surface area contributed by atoms with E-state index in [4.69, 9.17) is 9.84 Å². The average Bonchev–Trinajstić information content (AvgIpc) is 2.86. The van der Waals surface area contributed by atoms with Gasteiger partial charge in [-0.15, -0.1) is 0 Å². The molecule has 1 aliphatic rings. The van der Waals surface area contributed by atoms with Crippen molar-refractivity contribution in [2.45, 2.75) is 39.2 Å². The summed E-state index contributed by atoms with van der Waals surface area (Å²) in [5, 5.41) is 11.6. The van der Waals surface area contributed by atoms with E-state index < -0.39 is 5.97 Å². The van der Waals surface area contributed by atoms with Gasteiger partial charge in [0.25, 0.3) is 0 Å². The maximum absolute atomic E-state index is 11.8. The first kappa shape index (κ1) is 16.9. The molecule has 1 aliphatic heterocycles. The van der Waals surface area contributed by atoms with Crippen LogP contribution < -0.4 is 5.32 Å². The van der Waals surface area contributed by atoms with Crippen molar-refractivity contribution in [2.75, 3.05) is 32.8 Å². The van der Waals surface area contributed by atoms with Crippen LogP contribution in [0, 0.1) is 5.92 Å². The summed E-state index contributed by atoms with van der Waals surface area (Å²) in [6.45, 7) is 6.72. The Bertz CT molecular complexity index is 314.